The number of carbonyl (C=O) groups excluding carboxylic acids is 1. The Morgan fingerprint density at radius 3 is 2.71 bits per heavy atom. The lowest BCUT2D eigenvalue weighted by Crippen LogP contribution is -2.33. The van der Waals surface area contributed by atoms with Gasteiger partial charge in [-0.05, 0) is 24.5 Å². The fourth-order valence-corrected chi connectivity index (χ4v) is 2.53. The number of halogens is 2. The van der Waals surface area contributed by atoms with Crippen molar-refractivity contribution >= 4 is 17.6 Å². The first-order valence-corrected chi connectivity index (χ1v) is 7.59. The number of carbonyl (C=O) groups is 1. The SMILES string of the molecule is CCCC(F)OC(=O)CCC(C)(CN)c1ccccc1Cl. The van der Waals surface area contributed by atoms with Crippen molar-refractivity contribution in [1.82, 2.24) is 0 Å². The van der Waals surface area contributed by atoms with Crippen LogP contribution >= 0.6 is 11.6 Å². The van der Waals surface area contributed by atoms with E-state index in [2.05, 4.69) is 0 Å². The molecule has 2 atom stereocenters. The average Bonchev–Trinajstić information content (AvgIpc) is 2.45. The number of ether oxygens (including phenoxy) is 1. The van der Waals surface area contributed by atoms with Gasteiger partial charge in [0.2, 0.25) is 6.36 Å². The molecule has 0 radical (unpaired) electrons. The van der Waals surface area contributed by atoms with Gasteiger partial charge < -0.3 is 10.5 Å². The Bertz CT molecular complexity index is 469. The van der Waals surface area contributed by atoms with Crippen LogP contribution in [0.2, 0.25) is 5.02 Å². The lowest BCUT2D eigenvalue weighted by molar-refractivity contribution is -0.158. The smallest absolute Gasteiger partial charge is 0.308 e. The number of esters is 1. The summed E-state index contributed by atoms with van der Waals surface area (Å²) in [6.45, 7) is 4.13. The number of alkyl halides is 1. The maximum absolute atomic E-state index is 13.3. The van der Waals surface area contributed by atoms with Gasteiger partial charge in [0.25, 0.3) is 0 Å². The van der Waals surface area contributed by atoms with Gasteiger partial charge in [0.15, 0.2) is 0 Å². The van der Waals surface area contributed by atoms with E-state index >= 15 is 0 Å². The molecule has 0 bridgehead atoms. The summed E-state index contributed by atoms with van der Waals surface area (Å²) in [5.41, 5.74) is 6.32. The topological polar surface area (TPSA) is 52.3 Å². The summed E-state index contributed by atoms with van der Waals surface area (Å²) in [5, 5.41) is 0.619. The molecular formula is C16H23ClFNO2. The Balaban J connectivity index is 2.66. The Morgan fingerprint density at radius 1 is 1.48 bits per heavy atom. The zero-order valence-corrected chi connectivity index (χ0v) is 13.3. The standard InChI is InChI=1S/C16H23ClFNO2/c1-3-6-14(18)21-15(20)9-10-16(2,11-19)12-7-4-5-8-13(12)17/h4-5,7-8,14H,3,6,9-11,19H2,1-2H3. The van der Waals surface area contributed by atoms with E-state index < -0.39 is 17.7 Å². The molecule has 2 N–H and O–H groups in total. The third-order valence-electron chi connectivity index (χ3n) is 3.63. The van der Waals surface area contributed by atoms with E-state index in [1.807, 2.05) is 32.0 Å². The maximum Gasteiger partial charge on any atom is 0.308 e. The van der Waals surface area contributed by atoms with Crippen molar-refractivity contribution in [1.29, 1.82) is 0 Å². The predicted octanol–water partition coefficient (Wildman–Crippen LogP) is 3.98. The molecule has 2 unspecified atom stereocenters. The molecule has 1 aromatic carbocycles. The molecule has 0 aromatic heterocycles. The molecule has 1 aromatic rings. The molecule has 0 aliphatic carbocycles. The van der Waals surface area contributed by atoms with Crippen LogP contribution in [0.4, 0.5) is 4.39 Å². The first kappa shape index (κ1) is 17.9. The van der Waals surface area contributed by atoms with Crippen molar-refractivity contribution in [3.63, 3.8) is 0 Å². The zero-order valence-electron chi connectivity index (χ0n) is 12.6. The predicted molar refractivity (Wildman–Crippen MR) is 83.0 cm³/mol. The highest BCUT2D eigenvalue weighted by Crippen LogP contribution is 2.33. The molecule has 0 saturated heterocycles. The molecule has 118 valence electrons. The number of hydrogen-bond acceptors (Lipinski definition) is 3. The van der Waals surface area contributed by atoms with E-state index in [-0.39, 0.29) is 12.8 Å². The fraction of sp³-hybridized carbons (Fsp3) is 0.562. The number of benzene rings is 1. The lowest BCUT2D eigenvalue weighted by atomic mass is 9.78. The molecule has 0 aliphatic rings. The van der Waals surface area contributed by atoms with Crippen LogP contribution in [0.15, 0.2) is 24.3 Å². The third kappa shape index (κ3) is 5.29. The van der Waals surface area contributed by atoms with Crippen molar-refractivity contribution < 1.29 is 13.9 Å². The second-order valence-corrected chi connectivity index (χ2v) is 5.84. The largest absolute Gasteiger partial charge is 0.431 e. The Hall–Kier alpha value is -1.13. The van der Waals surface area contributed by atoms with Gasteiger partial charge in [-0.2, -0.15) is 0 Å². The summed E-state index contributed by atoms with van der Waals surface area (Å²) in [5.74, 6) is -0.539. The number of hydrogen-bond donors (Lipinski definition) is 1. The molecule has 3 nitrogen and oxygen atoms in total. The molecule has 0 spiro atoms. The molecule has 21 heavy (non-hydrogen) atoms. The summed E-state index contributed by atoms with van der Waals surface area (Å²) in [6, 6.07) is 7.42. The molecule has 0 amide bonds. The zero-order chi connectivity index (χ0) is 15.9. The van der Waals surface area contributed by atoms with Gasteiger partial charge in [-0.15, -0.1) is 0 Å². The average molecular weight is 316 g/mol. The van der Waals surface area contributed by atoms with Crippen molar-refractivity contribution in [2.24, 2.45) is 5.73 Å². The minimum Gasteiger partial charge on any atom is -0.431 e. The highest BCUT2D eigenvalue weighted by atomic mass is 35.5. The van der Waals surface area contributed by atoms with Gasteiger partial charge in [0, 0.05) is 29.8 Å². The number of nitrogens with two attached hydrogens (primary N) is 1. The molecule has 0 saturated carbocycles. The van der Waals surface area contributed by atoms with Gasteiger partial charge in [-0.25, -0.2) is 4.39 Å². The van der Waals surface area contributed by atoms with Crippen LogP contribution in [0.3, 0.4) is 0 Å². The van der Waals surface area contributed by atoms with Crippen LogP contribution in [0, 0.1) is 0 Å². The van der Waals surface area contributed by atoms with E-state index in [1.54, 1.807) is 6.07 Å². The lowest BCUT2D eigenvalue weighted by Gasteiger charge is -2.29. The van der Waals surface area contributed by atoms with E-state index in [0.717, 1.165) is 5.56 Å². The van der Waals surface area contributed by atoms with E-state index in [1.165, 1.54) is 0 Å². The first-order chi connectivity index (χ1) is 9.92. The van der Waals surface area contributed by atoms with Crippen molar-refractivity contribution in [2.75, 3.05) is 6.54 Å². The molecule has 0 fully saturated rings. The van der Waals surface area contributed by atoms with E-state index in [0.29, 0.717) is 24.4 Å². The van der Waals surface area contributed by atoms with Crippen molar-refractivity contribution in [3.8, 4) is 0 Å². The fourth-order valence-electron chi connectivity index (χ4n) is 2.16. The van der Waals surface area contributed by atoms with Gasteiger partial charge in [0.05, 0.1) is 0 Å². The minimum atomic E-state index is -1.52. The minimum absolute atomic E-state index is 0.114. The van der Waals surface area contributed by atoms with Crippen LogP contribution in [0.25, 0.3) is 0 Å². The van der Waals surface area contributed by atoms with Crippen LogP contribution in [0.1, 0.15) is 45.1 Å². The van der Waals surface area contributed by atoms with Gasteiger partial charge in [-0.3, -0.25) is 4.79 Å². The highest BCUT2D eigenvalue weighted by molar-refractivity contribution is 6.31. The highest BCUT2D eigenvalue weighted by Gasteiger charge is 2.28. The molecule has 0 heterocycles. The van der Waals surface area contributed by atoms with Crippen LogP contribution in [-0.2, 0) is 14.9 Å². The van der Waals surface area contributed by atoms with Crippen molar-refractivity contribution in [3.05, 3.63) is 34.9 Å². The first-order valence-electron chi connectivity index (χ1n) is 7.21. The van der Waals surface area contributed by atoms with Crippen LogP contribution < -0.4 is 5.73 Å². The number of rotatable bonds is 8. The van der Waals surface area contributed by atoms with Crippen molar-refractivity contribution in [2.45, 2.75) is 51.3 Å². The quantitative estimate of drug-likeness (QED) is 0.738. The summed E-state index contributed by atoms with van der Waals surface area (Å²) in [6.07, 6.45) is -0.0839. The summed E-state index contributed by atoms with van der Waals surface area (Å²) in [4.78, 5) is 11.7. The molecular weight excluding hydrogens is 293 g/mol. The molecule has 1 rings (SSSR count). The second kappa shape index (κ2) is 8.35. The second-order valence-electron chi connectivity index (χ2n) is 5.43. The monoisotopic (exact) mass is 315 g/mol. The van der Waals surface area contributed by atoms with Gasteiger partial charge in [-0.1, -0.05) is 43.6 Å². The van der Waals surface area contributed by atoms with Crippen LogP contribution in [-0.4, -0.2) is 18.9 Å². The van der Waals surface area contributed by atoms with E-state index in [9.17, 15) is 9.18 Å². The third-order valence-corrected chi connectivity index (χ3v) is 3.96. The van der Waals surface area contributed by atoms with Gasteiger partial charge >= 0.3 is 5.97 Å². The van der Waals surface area contributed by atoms with Gasteiger partial charge in [0.1, 0.15) is 0 Å². The maximum atomic E-state index is 13.3. The molecule has 5 heteroatoms. The van der Waals surface area contributed by atoms with E-state index in [4.69, 9.17) is 22.1 Å². The summed E-state index contributed by atoms with van der Waals surface area (Å²) >= 11 is 6.20. The molecule has 0 aliphatic heterocycles. The normalized spacial score (nSPS) is 15.3. The summed E-state index contributed by atoms with van der Waals surface area (Å²) < 4.78 is 18.0. The Labute approximate surface area is 130 Å². The summed E-state index contributed by atoms with van der Waals surface area (Å²) in [7, 11) is 0. The Kier molecular flexibility index (Phi) is 7.12. The van der Waals surface area contributed by atoms with Crippen LogP contribution in [0.5, 0.6) is 0 Å². The Morgan fingerprint density at radius 2 is 2.14 bits per heavy atom.